The number of aliphatic imine (C=N–C) groups is 1. The number of amides is 2. The molecule has 2 amide bonds. The van der Waals surface area contributed by atoms with Crippen LogP contribution in [0.1, 0.15) is 24.0 Å². The number of carbonyl (C=O) groups excluding carboxylic acids is 2. The van der Waals surface area contributed by atoms with Crippen LogP contribution in [0.15, 0.2) is 60.1 Å². The number of aromatic nitrogens is 2. The number of nitrogens with one attached hydrogen (secondary N) is 2. The van der Waals surface area contributed by atoms with Crippen LogP contribution in [-0.4, -0.2) is 52.4 Å². The molecule has 2 aromatic rings. The molecule has 1 aromatic heterocycles. The van der Waals surface area contributed by atoms with Crippen LogP contribution in [0.2, 0.25) is 0 Å². The van der Waals surface area contributed by atoms with E-state index < -0.39 is 0 Å². The predicted molar refractivity (Wildman–Crippen MR) is 125 cm³/mol. The van der Waals surface area contributed by atoms with Crippen molar-refractivity contribution in [3.8, 4) is 0 Å². The molecule has 2 bridgehead atoms. The number of nitrogens with zero attached hydrogens (tertiary/aromatic N) is 4. The van der Waals surface area contributed by atoms with Gasteiger partial charge in [0.05, 0.1) is 18.2 Å². The van der Waals surface area contributed by atoms with Crippen molar-refractivity contribution in [3.63, 3.8) is 0 Å². The number of imidazole rings is 1. The third-order valence-electron chi connectivity index (χ3n) is 7.04. The maximum Gasteiger partial charge on any atom is 0.233 e. The van der Waals surface area contributed by atoms with Gasteiger partial charge in [-0.3, -0.25) is 19.5 Å². The minimum atomic E-state index is -0.110. The Kier molecular flexibility index (Phi) is 5.98. The molecule has 1 saturated carbocycles. The Morgan fingerprint density at radius 3 is 2.39 bits per heavy atom. The Hall–Kier alpha value is -3.42. The van der Waals surface area contributed by atoms with Crippen LogP contribution in [-0.2, 0) is 22.7 Å². The van der Waals surface area contributed by atoms with Crippen LogP contribution in [0.4, 0.5) is 0 Å². The second kappa shape index (κ2) is 9.21. The highest BCUT2D eigenvalue weighted by atomic mass is 16.2. The van der Waals surface area contributed by atoms with Gasteiger partial charge in [0, 0.05) is 45.6 Å². The Bertz CT molecular complexity index is 1030. The van der Waals surface area contributed by atoms with Gasteiger partial charge in [-0.25, -0.2) is 4.98 Å². The first-order valence-corrected chi connectivity index (χ1v) is 11.7. The number of hydrogen-bond donors (Lipinski definition) is 2. The number of carbonyl (C=O) groups is 2. The summed E-state index contributed by atoms with van der Waals surface area (Å²) in [6.45, 7) is 2.57. The highest BCUT2D eigenvalue weighted by Gasteiger charge is 2.58. The molecule has 3 aliphatic rings. The van der Waals surface area contributed by atoms with Gasteiger partial charge in [-0.15, -0.1) is 0 Å². The van der Waals surface area contributed by atoms with Gasteiger partial charge in [0.15, 0.2) is 5.96 Å². The van der Waals surface area contributed by atoms with E-state index in [1.165, 1.54) is 10.5 Å². The van der Waals surface area contributed by atoms with Gasteiger partial charge in [-0.05, 0) is 35.8 Å². The fraction of sp³-hybridized carbons (Fsp3) is 0.440. The van der Waals surface area contributed by atoms with Crippen LogP contribution in [0.5, 0.6) is 0 Å². The van der Waals surface area contributed by atoms with Gasteiger partial charge in [-0.1, -0.05) is 36.4 Å². The number of hydrogen-bond acceptors (Lipinski definition) is 4. The van der Waals surface area contributed by atoms with E-state index in [-0.39, 0.29) is 35.5 Å². The molecule has 2 heterocycles. The summed E-state index contributed by atoms with van der Waals surface area (Å²) < 4.78 is 2.04. The summed E-state index contributed by atoms with van der Waals surface area (Å²) in [7, 11) is 1.74. The van der Waals surface area contributed by atoms with Crippen LogP contribution >= 0.6 is 0 Å². The molecule has 4 unspecified atom stereocenters. The van der Waals surface area contributed by atoms with E-state index in [0.29, 0.717) is 32.0 Å². The zero-order chi connectivity index (χ0) is 22.8. The van der Waals surface area contributed by atoms with Crippen molar-refractivity contribution >= 4 is 17.8 Å². The zero-order valence-electron chi connectivity index (χ0n) is 18.9. The largest absolute Gasteiger partial charge is 0.356 e. The lowest BCUT2D eigenvalue weighted by molar-refractivity contribution is -0.140. The van der Waals surface area contributed by atoms with Crippen molar-refractivity contribution in [1.82, 2.24) is 25.1 Å². The summed E-state index contributed by atoms with van der Waals surface area (Å²) in [5, 5.41) is 6.60. The molecule has 1 aliphatic heterocycles. The summed E-state index contributed by atoms with van der Waals surface area (Å²) >= 11 is 0. The average Bonchev–Trinajstić information content (AvgIpc) is 3.62. The minimum absolute atomic E-state index is 0.0286. The molecule has 1 aromatic carbocycles. The maximum absolute atomic E-state index is 12.8. The third-order valence-corrected chi connectivity index (χ3v) is 7.04. The quantitative estimate of drug-likeness (QED) is 0.212. The number of benzene rings is 1. The average molecular weight is 447 g/mol. The highest BCUT2D eigenvalue weighted by Crippen LogP contribution is 2.52. The van der Waals surface area contributed by atoms with Gasteiger partial charge < -0.3 is 15.2 Å². The van der Waals surface area contributed by atoms with Gasteiger partial charge in [-0.2, -0.15) is 0 Å². The first-order valence-electron chi connectivity index (χ1n) is 11.7. The standard InChI is InChI=1S/C25H30N6O2/c1-26-25(29-14-17-3-5-18(6-4-17)15-30-12-10-27-16-30)28-9-2-11-31-23(32)21-19-7-8-20(13-19)22(21)24(31)33/h3-8,10,12,16,19-22H,2,9,11,13-15H2,1H3,(H2,26,28,29). The van der Waals surface area contributed by atoms with Crippen molar-refractivity contribution in [2.45, 2.75) is 25.9 Å². The highest BCUT2D eigenvalue weighted by molar-refractivity contribution is 6.06. The first kappa shape index (κ1) is 21.4. The molecule has 5 rings (SSSR count). The Morgan fingerprint density at radius 2 is 1.76 bits per heavy atom. The molecule has 33 heavy (non-hydrogen) atoms. The van der Waals surface area contributed by atoms with E-state index >= 15 is 0 Å². The van der Waals surface area contributed by atoms with Crippen molar-refractivity contribution in [3.05, 3.63) is 66.3 Å². The van der Waals surface area contributed by atoms with Crippen molar-refractivity contribution in [2.75, 3.05) is 20.1 Å². The van der Waals surface area contributed by atoms with Gasteiger partial charge in [0.25, 0.3) is 0 Å². The molecule has 2 fully saturated rings. The van der Waals surface area contributed by atoms with E-state index in [0.717, 1.165) is 18.5 Å². The van der Waals surface area contributed by atoms with E-state index in [1.54, 1.807) is 13.2 Å². The lowest BCUT2D eigenvalue weighted by Gasteiger charge is -2.18. The molecular formula is C25H30N6O2. The number of likely N-dealkylation sites (tertiary alicyclic amines) is 1. The van der Waals surface area contributed by atoms with Crippen molar-refractivity contribution in [1.29, 1.82) is 0 Å². The number of imide groups is 1. The molecule has 4 atom stereocenters. The zero-order valence-corrected chi connectivity index (χ0v) is 18.9. The molecule has 0 spiro atoms. The number of guanidine groups is 1. The summed E-state index contributed by atoms with van der Waals surface area (Å²) in [6.07, 6.45) is 11.5. The van der Waals surface area contributed by atoms with Gasteiger partial charge in [0.1, 0.15) is 0 Å². The fourth-order valence-electron chi connectivity index (χ4n) is 5.39. The van der Waals surface area contributed by atoms with Crippen LogP contribution in [0, 0.1) is 23.7 Å². The molecule has 2 N–H and O–H groups in total. The third kappa shape index (κ3) is 4.29. The lowest BCUT2D eigenvalue weighted by atomic mass is 9.85. The predicted octanol–water partition coefficient (Wildman–Crippen LogP) is 1.79. The molecule has 8 heteroatoms. The number of fused-ring (bicyclic) bond motifs is 5. The minimum Gasteiger partial charge on any atom is -0.356 e. The second-order valence-corrected chi connectivity index (χ2v) is 9.09. The first-order chi connectivity index (χ1) is 16.1. The Labute approximate surface area is 193 Å². The Balaban J connectivity index is 1.04. The van der Waals surface area contributed by atoms with Crippen LogP contribution < -0.4 is 10.6 Å². The summed E-state index contributed by atoms with van der Waals surface area (Å²) in [6, 6.07) is 8.45. The number of rotatable bonds is 8. The monoisotopic (exact) mass is 446 g/mol. The fourth-order valence-corrected chi connectivity index (χ4v) is 5.39. The van der Waals surface area contributed by atoms with E-state index in [2.05, 4.69) is 57.0 Å². The molecule has 2 aliphatic carbocycles. The van der Waals surface area contributed by atoms with E-state index in [1.807, 2.05) is 17.1 Å². The normalized spacial score (nSPS) is 25.7. The van der Waals surface area contributed by atoms with Crippen molar-refractivity contribution in [2.24, 2.45) is 28.7 Å². The van der Waals surface area contributed by atoms with Crippen LogP contribution in [0.3, 0.4) is 0 Å². The molecule has 172 valence electrons. The van der Waals surface area contributed by atoms with Crippen LogP contribution in [0.25, 0.3) is 0 Å². The van der Waals surface area contributed by atoms with Crippen molar-refractivity contribution < 1.29 is 9.59 Å². The molecule has 8 nitrogen and oxygen atoms in total. The lowest BCUT2D eigenvalue weighted by Crippen LogP contribution is -2.39. The molecular weight excluding hydrogens is 416 g/mol. The topological polar surface area (TPSA) is 91.6 Å². The van der Waals surface area contributed by atoms with E-state index in [9.17, 15) is 9.59 Å². The summed E-state index contributed by atoms with van der Waals surface area (Å²) in [5.74, 6) is 1.07. The Morgan fingerprint density at radius 1 is 1.06 bits per heavy atom. The van der Waals surface area contributed by atoms with E-state index in [4.69, 9.17) is 0 Å². The number of allylic oxidation sites excluding steroid dienone is 2. The summed E-state index contributed by atoms with van der Waals surface area (Å²) in [4.78, 5) is 35.3. The second-order valence-electron chi connectivity index (χ2n) is 9.09. The molecule has 0 radical (unpaired) electrons. The SMILES string of the molecule is CN=C(NCCCN1C(=O)C2C3C=CC(C3)C2C1=O)NCc1ccc(Cn2ccnc2)cc1. The summed E-state index contributed by atoms with van der Waals surface area (Å²) in [5.41, 5.74) is 2.38. The smallest absolute Gasteiger partial charge is 0.233 e. The molecule has 1 saturated heterocycles. The maximum atomic E-state index is 12.8. The van der Waals surface area contributed by atoms with Gasteiger partial charge in [0.2, 0.25) is 11.8 Å². The van der Waals surface area contributed by atoms with Gasteiger partial charge >= 0.3 is 0 Å².